The summed E-state index contributed by atoms with van der Waals surface area (Å²) < 4.78 is 0. The van der Waals surface area contributed by atoms with Gasteiger partial charge in [-0.15, -0.1) is 0 Å². The summed E-state index contributed by atoms with van der Waals surface area (Å²) in [6.45, 7) is 4.15. The van der Waals surface area contributed by atoms with Crippen LogP contribution in [0.5, 0.6) is 0 Å². The largest absolute Gasteiger partial charge is 0.367 e. The average Bonchev–Trinajstić information content (AvgIpc) is 2.28. The van der Waals surface area contributed by atoms with Crippen LogP contribution in [0.4, 0.5) is 5.82 Å². The molecule has 5 heteroatoms. The molecule has 1 atom stereocenters. The van der Waals surface area contributed by atoms with Crippen LogP contribution in [-0.2, 0) is 0 Å². The van der Waals surface area contributed by atoms with Gasteiger partial charge in [0.2, 0.25) is 0 Å². The van der Waals surface area contributed by atoms with Gasteiger partial charge in [0.15, 0.2) is 0 Å². The Morgan fingerprint density at radius 2 is 2.53 bits per heavy atom. The molecule has 0 amide bonds. The van der Waals surface area contributed by atoms with Crippen molar-refractivity contribution < 1.29 is 0 Å². The van der Waals surface area contributed by atoms with E-state index in [9.17, 15) is 0 Å². The monoisotopic (exact) mass is 207 g/mol. The topological polar surface area (TPSA) is 53.1 Å². The van der Waals surface area contributed by atoms with Gasteiger partial charge in [0.1, 0.15) is 5.82 Å². The first-order valence-electron chi connectivity index (χ1n) is 5.26. The molecule has 82 valence electrons. The van der Waals surface area contributed by atoms with Crippen LogP contribution >= 0.6 is 0 Å². The van der Waals surface area contributed by atoms with Gasteiger partial charge in [0, 0.05) is 44.6 Å². The molecule has 1 unspecified atom stereocenters. The Labute approximate surface area is 89.9 Å². The lowest BCUT2D eigenvalue weighted by Crippen LogP contribution is -2.51. The molecule has 2 rings (SSSR count). The Morgan fingerprint density at radius 1 is 1.60 bits per heavy atom. The summed E-state index contributed by atoms with van der Waals surface area (Å²) in [7, 11) is 2.15. The summed E-state index contributed by atoms with van der Waals surface area (Å²) in [6.07, 6.45) is 5.12. The van der Waals surface area contributed by atoms with Gasteiger partial charge in [-0.2, -0.15) is 0 Å². The number of rotatable bonds is 3. The Bertz CT molecular complexity index is 289. The fourth-order valence-corrected chi connectivity index (χ4v) is 1.75. The maximum Gasteiger partial charge on any atom is 0.144 e. The van der Waals surface area contributed by atoms with E-state index < -0.39 is 0 Å². The first-order valence-corrected chi connectivity index (χ1v) is 5.26. The predicted octanol–water partition coefficient (Wildman–Crippen LogP) is -0.208. The summed E-state index contributed by atoms with van der Waals surface area (Å²) in [5.41, 5.74) is 0. The predicted molar refractivity (Wildman–Crippen MR) is 59.8 cm³/mol. The summed E-state index contributed by atoms with van der Waals surface area (Å²) in [6, 6.07) is 0.491. The van der Waals surface area contributed by atoms with Crippen molar-refractivity contribution in [3.8, 4) is 0 Å². The SMILES string of the molecule is CN1CCNC(CNc2cnccn2)C1. The van der Waals surface area contributed by atoms with Crippen LogP contribution in [0.15, 0.2) is 18.6 Å². The van der Waals surface area contributed by atoms with E-state index in [1.54, 1.807) is 18.6 Å². The van der Waals surface area contributed by atoms with Crippen LogP contribution in [0.25, 0.3) is 0 Å². The van der Waals surface area contributed by atoms with Crippen molar-refractivity contribution in [3.05, 3.63) is 18.6 Å². The molecule has 0 aliphatic carbocycles. The molecule has 5 nitrogen and oxygen atoms in total. The number of nitrogens with zero attached hydrogens (tertiary/aromatic N) is 3. The summed E-state index contributed by atoms with van der Waals surface area (Å²) in [5, 5.41) is 6.74. The van der Waals surface area contributed by atoms with Gasteiger partial charge in [-0.25, -0.2) is 4.98 Å². The molecule has 1 aromatic rings. The molecule has 2 heterocycles. The van der Waals surface area contributed by atoms with E-state index in [2.05, 4.69) is 32.5 Å². The molecule has 2 N–H and O–H groups in total. The van der Waals surface area contributed by atoms with E-state index in [0.29, 0.717) is 6.04 Å². The van der Waals surface area contributed by atoms with Crippen molar-refractivity contribution in [3.63, 3.8) is 0 Å². The van der Waals surface area contributed by atoms with Gasteiger partial charge >= 0.3 is 0 Å². The zero-order chi connectivity index (χ0) is 10.5. The summed E-state index contributed by atoms with van der Waals surface area (Å²) in [4.78, 5) is 10.5. The number of nitrogens with one attached hydrogen (secondary N) is 2. The molecular formula is C10H17N5. The minimum atomic E-state index is 0.491. The molecule has 0 aromatic carbocycles. The van der Waals surface area contributed by atoms with Crippen molar-refractivity contribution in [2.45, 2.75) is 6.04 Å². The van der Waals surface area contributed by atoms with Crippen LogP contribution in [0.3, 0.4) is 0 Å². The number of piperazine rings is 1. The second-order valence-electron chi connectivity index (χ2n) is 3.88. The van der Waals surface area contributed by atoms with Gasteiger partial charge in [0.25, 0.3) is 0 Å². The fourth-order valence-electron chi connectivity index (χ4n) is 1.75. The number of anilines is 1. The highest BCUT2D eigenvalue weighted by atomic mass is 15.2. The Balaban J connectivity index is 1.78. The average molecular weight is 207 g/mol. The Kier molecular flexibility index (Phi) is 3.47. The van der Waals surface area contributed by atoms with Crippen molar-refractivity contribution in [1.29, 1.82) is 0 Å². The molecule has 1 saturated heterocycles. The Hall–Kier alpha value is -1.20. The first-order chi connectivity index (χ1) is 7.34. The van der Waals surface area contributed by atoms with Gasteiger partial charge in [-0.3, -0.25) is 4.98 Å². The lowest BCUT2D eigenvalue weighted by Gasteiger charge is -2.31. The van der Waals surface area contributed by atoms with E-state index >= 15 is 0 Å². The van der Waals surface area contributed by atoms with Crippen LogP contribution in [0, 0.1) is 0 Å². The third-order valence-corrected chi connectivity index (χ3v) is 2.55. The van der Waals surface area contributed by atoms with Crippen molar-refractivity contribution in [2.24, 2.45) is 0 Å². The minimum Gasteiger partial charge on any atom is -0.367 e. The standard InChI is InChI=1S/C10H17N5/c1-15-5-4-12-9(8-15)6-14-10-7-11-2-3-13-10/h2-3,7,9,12H,4-6,8H2,1H3,(H,13,14). The Morgan fingerprint density at radius 3 is 3.27 bits per heavy atom. The number of likely N-dealkylation sites (N-methyl/N-ethyl adjacent to an activating group) is 1. The highest BCUT2D eigenvalue weighted by molar-refractivity contribution is 5.29. The fraction of sp³-hybridized carbons (Fsp3) is 0.600. The van der Waals surface area contributed by atoms with E-state index in [-0.39, 0.29) is 0 Å². The third-order valence-electron chi connectivity index (χ3n) is 2.55. The van der Waals surface area contributed by atoms with E-state index in [4.69, 9.17) is 0 Å². The van der Waals surface area contributed by atoms with Crippen molar-refractivity contribution in [1.82, 2.24) is 20.2 Å². The maximum atomic E-state index is 4.17. The van der Waals surface area contributed by atoms with E-state index in [1.165, 1.54) is 0 Å². The lowest BCUT2D eigenvalue weighted by molar-refractivity contribution is 0.244. The van der Waals surface area contributed by atoms with Gasteiger partial charge in [-0.1, -0.05) is 0 Å². The number of aromatic nitrogens is 2. The second kappa shape index (κ2) is 5.04. The smallest absolute Gasteiger partial charge is 0.144 e. The number of hydrogen-bond acceptors (Lipinski definition) is 5. The van der Waals surface area contributed by atoms with Crippen molar-refractivity contribution in [2.75, 3.05) is 38.5 Å². The molecule has 0 bridgehead atoms. The zero-order valence-electron chi connectivity index (χ0n) is 8.98. The molecule has 1 aliphatic heterocycles. The van der Waals surface area contributed by atoms with Crippen molar-refractivity contribution >= 4 is 5.82 Å². The molecule has 1 aromatic heterocycles. The minimum absolute atomic E-state index is 0.491. The molecule has 0 spiro atoms. The quantitative estimate of drug-likeness (QED) is 0.718. The zero-order valence-corrected chi connectivity index (χ0v) is 8.98. The van der Waals surface area contributed by atoms with E-state index in [1.807, 2.05) is 0 Å². The molecular weight excluding hydrogens is 190 g/mol. The molecule has 15 heavy (non-hydrogen) atoms. The first kappa shape index (κ1) is 10.3. The maximum absolute atomic E-state index is 4.17. The van der Waals surface area contributed by atoms with Crippen LogP contribution in [-0.4, -0.2) is 54.1 Å². The number of hydrogen-bond donors (Lipinski definition) is 2. The van der Waals surface area contributed by atoms with Crippen LogP contribution in [0.2, 0.25) is 0 Å². The molecule has 1 fully saturated rings. The van der Waals surface area contributed by atoms with Gasteiger partial charge < -0.3 is 15.5 Å². The molecule has 0 radical (unpaired) electrons. The van der Waals surface area contributed by atoms with Gasteiger partial charge in [0.05, 0.1) is 6.20 Å². The van der Waals surface area contributed by atoms with E-state index in [0.717, 1.165) is 32.0 Å². The molecule has 1 aliphatic rings. The molecule has 0 saturated carbocycles. The third kappa shape index (κ3) is 3.14. The van der Waals surface area contributed by atoms with Gasteiger partial charge in [-0.05, 0) is 7.05 Å². The lowest BCUT2D eigenvalue weighted by atomic mass is 10.2. The summed E-state index contributed by atoms with van der Waals surface area (Å²) >= 11 is 0. The highest BCUT2D eigenvalue weighted by Crippen LogP contribution is 2.00. The van der Waals surface area contributed by atoms with Crippen LogP contribution < -0.4 is 10.6 Å². The van der Waals surface area contributed by atoms with Crippen LogP contribution in [0.1, 0.15) is 0 Å². The normalized spacial score (nSPS) is 22.6. The second-order valence-corrected chi connectivity index (χ2v) is 3.88. The summed E-state index contributed by atoms with van der Waals surface area (Å²) in [5.74, 6) is 0.840. The highest BCUT2D eigenvalue weighted by Gasteiger charge is 2.15.